The minimum Gasteiger partial charge on any atom is -0.378 e. The molecule has 2 aliphatic rings. The van der Waals surface area contributed by atoms with Gasteiger partial charge < -0.3 is 15.4 Å². The molecule has 2 fully saturated rings. The van der Waals surface area contributed by atoms with Crippen molar-refractivity contribution in [3.8, 4) is 11.1 Å². The first-order valence-electron chi connectivity index (χ1n) is 8.98. The molecular formula is C20H23N3O2. The minimum absolute atomic E-state index is 0.150. The lowest BCUT2D eigenvalue weighted by Crippen LogP contribution is -2.44. The van der Waals surface area contributed by atoms with Crippen molar-refractivity contribution in [2.75, 3.05) is 11.9 Å². The summed E-state index contributed by atoms with van der Waals surface area (Å²) < 4.78 is 5.83. The van der Waals surface area contributed by atoms with Crippen LogP contribution in [-0.4, -0.2) is 29.8 Å². The number of nitrogens with zero attached hydrogens (tertiary/aromatic N) is 1. The number of ether oxygens (including phenoxy) is 1. The van der Waals surface area contributed by atoms with Crippen LogP contribution in [0.3, 0.4) is 0 Å². The summed E-state index contributed by atoms with van der Waals surface area (Å²) in [5, 5.41) is 6.12. The summed E-state index contributed by atoms with van der Waals surface area (Å²) >= 11 is 0. The number of amides is 2. The number of nitrogens with one attached hydrogen (secondary N) is 2. The lowest BCUT2D eigenvalue weighted by molar-refractivity contribution is -0.00889. The van der Waals surface area contributed by atoms with E-state index in [4.69, 9.17) is 4.74 Å². The molecule has 0 bridgehead atoms. The third-order valence-electron chi connectivity index (χ3n) is 4.96. The van der Waals surface area contributed by atoms with E-state index in [9.17, 15) is 4.79 Å². The fourth-order valence-corrected chi connectivity index (χ4v) is 3.47. The molecule has 130 valence electrons. The van der Waals surface area contributed by atoms with Gasteiger partial charge in [0.25, 0.3) is 0 Å². The number of carbonyl (C=O) groups is 1. The van der Waals surface area contributed by atoms with Crippen molar-refractivity contribution in [2.45, 2.75) is 37.8 Å². The summed E-state index contributed by atoms with van der Waals surface area (Å²) in [6.45, 7) is 0.736. The van der Waals surface area contributed by atoms with Gasteiger partial charge in [-0.2, -0.15) is 0 Å². The van der Waals surface area contributed by atoms with Gasteiger partial charge in [-0.25, -0.2) is 4.79 Å². The molecule has 4 rings (SSSR count). The lowest BCUT2D eigenvalue weighted by Gasteiger charge is -2.30. The standard InChI is InChI=1S/C20H23N3O2/c24-20(22-16-9-12-25-19(13-16)15-5-6-15)23-18-4-2-1-3-17(18)14-7-10-21-11-8-14/h1-4,7-8,10-11,15-16,19H,5-6,9,12-13H2,(H2,22,23,24)/t16-,19+/m1/s1. The second-order valence-corrected chi connectivity index (χ2v) is 6.85. The van der Waals surface area contributed by atoms with Crippen LogP contribution in [0.1, 0.15) is 25.7 Å². The van der Waals surface area contributed by atoms with E-state index in [1.807, 2.05) is 36.4 Å². The first-order chi connectivity index (χ1) is 12.3. The Balaban J connectivity index is 1.41. The van der Waals surface area contributed by atoms with Gasteiger partial charge in [-0.1, -0.05) is 18.2 Å². The zero-order valence-electron chi connectivity index (χ0n) is 14.2. The second kappa shape index (κ2) is 7.23. The summed E-state index contributed by atoms with van der Waals surface area (Å²) in [5.74, 6) is 0.708. The number of hydrogen-bond acceptors (Lipinski definition) is 3. The Bertz CT molecular complexity index is 731. The molecule has 1 aromatic heterocycles. The van der Waals surface area contributed by atoms with Gasteiger partial charge in [0.1, 0.15) is 0 Å². The van der Waals surface area contributed by atoms with Crippen LogP contribution in [0.2, 0.25) is 0 Å². The highest BCUT2D eigenvalue weighted by molar-refractivity contribution is 5.94. The maximum atomic E-state index is 12.5. The number of rotatable bonds is 4. The van der Waals surface area contributed by atoms with Gasteiger partial charge in [0.05, 0.1) is 11.8 Å². The van der Waals surface area contributed by atoms with Crippen LogP contribution in [0.5, 0.6) is 0 Å². The third kappa shape index (κ3) is 3.99. The number of para-hydroxylation sites is 1. The molecule has 0 unspecified atom stereocenters. The zero-order chi connectivity index (χ0) is 17.1. The van der Waals surface area contributed by atoms with Crippen LogP contribution >= 0.6 is 0 Å². The number of hydrogen-bond donors (Lipinski definition) is 2. The molecule has 5 heteroatoms. The fraction of sp³-hybridized carbons (Fsp3) is 0.400. The average Bonchev–Trinajstić information content (AvgIpc) is 3.48. The normalized spacial score (nSPS) is 23.0. The molecule has 2 atom stereocenters. The van der Waals surface area contributed by atoms with E-state index in [-0.39, 0.29) is 12.1 Å². The van der Waals surface area contributed by atoms with Crippen LogP contribution in [0.15, 0.2) is 48.8 Å². The van der Waals surface area contributed by atoms with Gasteiger partial charge in [-0.15, -0.1) is 0 Å². The lowest BCUT2D eigenvalue weighted by atomic mass is 10.0. The fourth-order valence-electron chi connectivity index (χ4n) is 3.47. The molecule has 0 spiro atoms. The molecule has 1 aliphatic heterocycles. The number of aromatic nitrogens is 1. The maximum absolute atomic E-state index is 12.5. The van der Waals surface area contributed by atoms with E-state index in [0.29, 0.717) is 12.0 Å². The number of carbonyl (C=O) groups excluding carboxylic acids is 1. The van der Waals surface area contributed by atoms with Crippen molar-refractivity contribution < 1.29 is 9.53 Å². The van der Waals surface area contributed by atoms with Crippen molar-refractivity contribution in [1.29, 1.82) is 0 Å². The molecule has 2 N–H and O–H groups in total. The van der Waals surface area contributed by atoms with Gasteiger partial charge in [0, 0.05) is 30.6 Å². The molecular weight excluding hydrogens is 314 g/mol. The van der Waals surface area contributed by atoms with Crippen molar-refractivity contribution >= 4 is 11.7 Å². The first kappa shape index (κ1) is 16.1. The van der Waals surface area contributed by atoms with Crippen molar-refractivity contribution in [3.63, 3.8) is 0 Å². The Morgan fingerprint density at radius 1 is 1.08 bits per heavy atom. The Kier molecular flexibility index (Phi) is 4.65. The van der Waals surface area contributed by atoms with Gasteiger partial charge in [-0.3, -0.25) is 4.98 Å². The predicted molar refractivity (Wildman–Crippen MR) is 97.3 cm³/mol. The number of benzene rings is 1. The monoisotopic (exact) mass is 337 g/mol. The molecule has 1 saturated carbocycles. The Labute approximate surface area is 147 Å². The minimum atomic E-state index is -0.150. The summed E-state index contributed by atoms with van der Waals surface area (Å²) in [7, 11) is 0. The van der Waals surface area contributed by atoms with Crippen LogP contribution < -0.4 is 10.6 Å². The average molecular weight is 337 g/mol. The number of urea groups is 1. The van der Waals surface area contributed by atoms with Crippen LogP contribution in [0, 0.1) is 5.92 Å². The molecule has 2 amide bonds. The van der Waals surface area contributed by atoms with E-state index in [1.54, 1.807) is 12.4 Å². The Hall–Kier alpha value is -2.40. The van der Waals surface area contributed by atoms with Gasteiger partial charge in [-0.05, 0) is 55.4 Å². The van der Waals surface area contributed by atoms with Gasteiger partial charge in [0.15, 0.2) is 0 Å². The smallest absolute Gasteiger partial charge is 0.319 e. The van der Waals surface area contributed by atoms with E-state index in [1.165, 1.54) is 12.8 Å². The third-order valence-corrected chi connectivity index (χ3v) is 4.96. The van der Waals surface area contributed by atoms with Crippen LogP contribution in [-0.2, 0) is 4.74 Å². The molecule has 0 radical (unpaired) electrons. The summed E-state index contributed by atoms with van der Waals surface area (Å²) in [5.41, 5.74) is 2.82. The van der Waals surface area contributed by atoms with E-state index < -0.39 is 0 Å². The highest BCUT2D eigenvalue weighted by Gasteiger charge is 2.36. The quantitative estimate of drug-likeness (QED) is 0.891. The van der Waals surface area contributed by atoms with E-state index in [0.717, 1.165) is 36.3 Å². The molecule has 1 saturated heterocycles. The van der Waals surface area contributed by atoms with Gasteiger partial charge >= 0.3 is 6.03 Å². The van der Waals surface area contributed by atoms with Crippen molar-refractivity contribution in [3.05, 3.63) is 48.8 Å². The van der Waals surface area contributed by atoms with Crippen LogP contribution in [0.4, 0.5) is 10.5 Å². The number of pyridine rings is 1. The first-order valence-corrected chi connectivity index (χ1v) is 8.98. The maximum Gasteiger partial charge on any atom is 0.319 e. The highest BCUT2D eigenvalue weighted by atomic mass is 16.5. The molecule has 25 heavy (non-hydrogen) atoms. The van der Waals surface area contributed by atoms with Crippen LogP contribution in [0.25, 0.3) is 11.1 Å². The summed E-state index contributed by atoms with van der Waals surface area (Å²) in [6, 6.07) is 11.7. The van der Waals surface area contributed by atoms with Crippen molar-refractivity contribution in [2.24, 2.45) is 5.92 Å². The summed E-state index contributed by atoms with van der Waals surface area (Å²) in [4.78, 5) is 16.5. The molecule has 1 aromatic carbocycles. The predicted octanol–water partition coefficient (Wildman–Crippen LogP) is 3.83. The molecule has 2 heterocycles. The van der Waals surface area contributed by atoms with E-state index >= 15 is 0 Å². The molecule has 2 aromatic rings. The van der Waals surface area contributed by atoms with Crippen molar-refractivity contribution in [1.82, 2.24) is 10.3 Å². The number of anilines is 1. The second-order valence-electron chi connectivity index (χ2n) is 6.85. The Morgan fingerprint density at radius 2 is 1.88 bits per heavy atom. The topological polar surface area (TPSA) is 63.2 Å². The molecule has 1 aliphatic carbocycles. The SMILES string of the molecule is O=C(Nc1ccccc1-c1ccncc1)N[C@@H]1CCO[C@H](C2CC2)C1. The van der Waals surface area contributed by atoms with E-state index in [2.05, 4.69) is 15.6 Å². The molecule has 5 nitrogen and oxygen atoms in total. The zero-order valence-corrected chi connectivity index (χ0v) is 14.2. The largest absolute Gasteiger partial charge is 0.378 e. The highest BCUT2D eigenvalue weighted by Crippen LogP contribution is 2.38. The summed E-state index contributed by atoms with van der Waals surface area (Å²) in [6.07, 6.45) is 8.17. The Morgan fingerprint density at radius 3 is 2.68 bits per heavy atom. The van der Waals surface area contributed by atoms with Gasteiger partial charge in [0.2, 0.25) is 0 Å².